The number of hydrogen-bond acceptors (Lipinski definition) is 3. The van der Waals surface area contributed by atoms with E-state index in [1.54, 1.807) is 0 Å². The molecule has 2 fully saturated rings. The lowest BCUT2D eigenvalue weighted by atomic mass is 9.98. The summed E-state index contributed by atoms with van der Waals surface area (Å²) in [5, 5.41) is 6.98. The van der Waals surface area contributed by atoms with E-state index in [0.29, 0.717) is 18.1 Å². The standard InChI is InChI=1S/C19H29N3O/c1-3-22(4-2)18(14-8-6-5-7-9-14)19(23)21-17-12-15-10-11-16(13-17)20-15/h5-9,15-18,20H,3-4,10-13H2,1-2H3,(H,21,23). The summed E-state index contributed by atoms with van der Waals surface area (Å²) in [6, 6.07) is 11.5. The van der Waals surface area contributed by atoms with Crippen LogP contribution in [0.1, 0.15) is 51.1 Å². The van der Waals surface area contributed by atoms with Crippen LogP contribution in [0.15, 0.2) is 30.3 Å². The molecule has 126 valence electrons. The number of rotatable bonds is 6. The molecule has 0 aromatic heterocycles. The Hall–Kier alpha value is -1.39. The molecule has 0 spiro atoms. The number of benzene rings is 1. The molecule has 23 heavy (non-hydrogen) atoms. The van der Waals surface area contributed by atoms with Crippen molar-refractivity contribution < 1.29 is 4.79 Å². The number of carbonyl (C=O) groups excluding carboxylic acids is 1. The third-order valence-corrected chi connectivity index (χ3v) is 5.36. The summed E-state index contributed by atoms with van der Waals surface area (Å²) in [5.74, 6) is 0.159. The summed E-state index contributed by atoms with van der Waals surface area (Å²) in [5.41, 5.74) is 1.09. The third kappa shape index (κ3) is 3.75. The lowest BCUT2D eigenvalue weighted by molar-refractivity contribution is -0.127. The highest BCUT2D eigenvalue weighted by Gasteiger charge is 2.35. The van der Waals surface area contributed by atoms with Gasteiger partial charge >= 0.3 is 0 Å². The van der Waals surface area contributed by atoms with E-state index < -0.39 is 0 Å². The van der Waals surface area contributed by atoms with Gasteiger partial charge in [0.25, 0.3) is 0 Å². The van der Waals surface area contributed by atoms with Gasteiger partial charge < -0.3 is 10.6 Å². The summed E-state index contributed by atoms with van der Waals surface area (Å²) < 4.78 is 0. The third-order valence-electron chi connectivity index (χ3n) is 5.36. The Labute approximate surface area is 139 Å². The molecule has 4 nitrogen and oxygen atoms in total. The topological polar surface area (TPSA) is 44.4 Å². The maximum absolute atomic E-state index is 13.0. The van der Waals surface area contributed by atoms with Gasteiger partial charge in [-0.15, -0.1) is 0 Å². The summed E-state index contributed by atoms with van der Waals surface area (Å²) in [6.45, 7) is 6.00. The number of nitrogens with zero attached hydrogens (tertiary/aromatic N) is 1. The van der Waals surface area contributed by atoms with Crippen LogP contribution in [0.5, 0.6) is 0 Å². The van der Waals surface area contributed by atoms with Crippen LogP contribution in [0.3, 0.4) is 0 Å². The van der Waals surface area contributed by atoms with E-state index in [1.165, 1.54) is 12.8 Å². The van der Waals surface area contributed by atoms with Crippen LogP contribution in [-0.4, -0.2) is 42.0 Å². The van der Waals surface area contributed by atoms with Crippen molar-refractivity contribution >= 4 is 5.91 Å². The molecule has 1 amide bonds. The van der Waals surface area contributed by atoms with E-state index >= 15 is 0 Å². The zero-order valence-electron chi connectivity index (χ0n) is 14.3. The second-order valence-corrected chi connectivity index (χ2v) is 6.85. The van der Waals surface area contributed by atoms with Gasteiger partial charge in [-0.2, -0.15) is 0 Å². The Morgan fingerprint density at radius 1 is 1.17 bits per heavy atom. The fraction of sp³-hybridized carbons (Fsp3) is 0.632. The fourth-order valence-electron chi connectivity index (χ4n) is 4.21. The Morgan fingerprint density at radius 2 is 1.78 bits per heavy atom. The fourth-order valence-corrected chi connectivity index (χ4v) is 4.21. The number of likely N-dealkylation sites (N-methyl/N-ethyl adjacent to an activating group) is 1. The number of piperidine rings is 1. The normalized spacial score (nSPS) is 27.9. The van der Waals surface area contributed by atoms with Crippen molar-refractivity contribution in [3.05, 3.63) is 35.9 Å². The predicted octanol–water partition coefficient (Wildman–Crippen LogP) is 2.47. The first-order valence-electron chi connectivity index (χ1n) is 9.06. The van der Waals surface area contributed by atoms with Crippen molar-refractivity contribution in [1.29, 1.82) is 0 Å². The van der Waals surface area contributed by atoms with Crippen LogP contribution in [0, 0.1) is 0 Å². The van der Waals surface area contributed by atoms with Crippen LogP contribution >= 0.6 is 0 Å². The van der Waals surface area contributed by atoms with Crippen molar-refractivity contribution in [2.75, 3.05) is 13.1 Å². The van der Waals surface area contributed by atoms with Crippen LogP contribution in [-0.2, 0) is 4.79 Å². The van der Waals surface area contributed by atoms with E-state index in [2.05, 4.69) is 41.5 Å². The van der Waals surface area contributed by atoms with E-state index in [9.17, 15) is 4.79 Å². The Bertz CT molecular complexity index is 503. The second kappa shape index (κ2) is 7.45. The number of amides is 1. The molecule has 0 radical (unpaired) electrons. The molecule has 2 N–H and O–H groups in total. The smallest absolute Gasteiger partial charge is 0.242 e. The molecule has 2 bridgehead atoms. The molecular formula is C19H29N3O. The Kier molecular flexibility index (Phi) is 5.34. The van der Waals surface area contributed by atoms with E-state index in [0.717, 1.165) is 31.5 Å². The van der Waals surface area contributed by atoms with Crippen molar-refractivity contribution in [3.8, 4) is 0 Å². The molecule has 1 aromatic rings. The monoisotopic (exact) mass is 315 g/mol. The first kappa shape index (κ1) is 16.5. The molecule has 0 aliphatic carbocycles. The van der Waals surface area contributed by atoms with Crippen molar-refractivity contribution in [2.45, 2.75) is 63.7 Å². The molecule has 0 saturated carbocycles. The summed E-state index contributed by atoms with van der Waals surface area (Å²) >= 11 is 0. The average Bonchev–Trinajstić information content (AvgIpc) is 2.91. The quantitative estimate of drug-likeness (QED) is 0.847. The zero-order valence-corrected chi connectivity index (χ0v) is 14.3. The molecular weight excluding hydrogens is 286 g/mol. The van der Waals surface area contributed by atoms with E-state index in [1.807, 2.05) is 18.2 Å². The molecule has 2 heterocycles. The summed E-state index contributed by atoms with van der Waals surface area (Å²) in [6.07, 6.45) is 4.66. The molecule has 3 atom stereocenters. The first-order valence-corrected chi connectivity index (χ1v) is 9.06. The van der Waals surface area contributed by atoms with Crippen molar-refractivity contribution in [3.63, 3.8) is 0 Å². The minimum absolute atomic E-state index is 0.159. The van der Waals surface area contributed by atoms with Gasteiger partial charge in [0.2, 0.25) is 5.91 Å². The van der Waals surface area contributed by atoms with Crippen molar-refractivity contribution in [2.24, 2.45) is 0 Å². The van der Waals surface area contributed by atoms with Crippen molar-refractivity contribution in [1.82, 2.24) is 15.5 Å². The summed E-state index contributed by atoms with van der Waals surface area (Å²) in [7, 11) is 0. The van der Waals surface area contributed by atoms with Gasteiger partial charge in [-0.05, 0) is 44.3 Å². The number of hydrogen-bond donors (Lipinski definition) is 2. The number of carbonyl (C=O) groups is 1. The van der Waals surface area contributed by atoms with Gasteiger partial charge in [0.05, 0.1) is 0 Å². The van der Waals surface area contributed by atoms with Gasteiger partial charge in [-0.1, -0.05) is 44.2 Å². The minimum Gasteiger partial charge on any atom is -0.352 e. The predicted molar refractivity (Wildman–Crippen MR) is 93.2 cm³/mol. The summed E-state index contributed by atoms with van der Waals surface area (Å²) in [4.78, 5) is 15.3. The molecule has 2 aliphatic rings. The highest BCUT2D eigenvalue weighted by molar-refractivity contribution is 5.83. The molecule has 3 rings (SSSR count). The maximum atomic E-state index is 13.0. The Morgan fingerprint density at radius 3 is 2.35 bits per heavy atom. The van der Waals surface area contributed by atoms with Crippen LogP contribution in [0.25, 0.3) is 0 Å². The highest BCUT2D eigenvalue weighted by Crippen LogP contribution is 2.28. The largest absolute Gasteiger partial charge is 0.352 e. The number of fused-ring (bicyclic) bond motifs is 2. The van der Waals surface area contributed by atoms with E-state index in [-0.39, 0.29) is 11.9 Å². The number of nitrogens with one attached hydrogen (secondary N) is 2. The second-order valence-electron chi connectivity index (χ2n) is 6.85. The molecule has 4 heteroatoms. The van der Waals surface area contributed by atoms with Crippen LogP contribution in [0.4, 0.5) is 0 Å². The van der Waals surface area contributed by atoms with Gasteiger partial charge in [0.15, 0.2) is 0 Å². The SMILES string of the molecule is CCN(CC)C(C(=O)NC1CC2CCC(C1)N2)c1ccccc1. The molecule has 1 aromatic carbocycles. The van der Waals surface area contributed by atoms with Gasteiger partial charge in [-0.3, -0.25) is 9.69 Å². The molecule has 3 unspecified atom stereocenters. The molecule has 2 aliphatic heterocycles. The maximum Gasteiger partial charge on any atom is 0.242 e. The average molecular weight is 315 g/mol. The minimum atomic E-state index is -0.182. The highest BCUT2D eigenvalue weighted by atomic mass is 16.2. The van der Waals surface area contributed by atoms with Gasteiger partial charge in [0.1, 0.15) is 6.04 Å². The lowest BCUT2D eigenvalue weighted by Gasteiger charge is -2.34. The van der Waals surface area contributed by atoms with E-state index in [4.69, 9.17) is 0 Å². The van der Waals surface area contributed by atoms with Crippen LogP contribution in [0.2, 0.25) is 0 Å². The molecule has 2 saturated heterocycles. The zero-order chi connectivity index (χ0) is 16.2. The Balaban J connectivity index is 1.72. The van der Waals surface area contributed by atoms with Gasteiger partial charge in [-0.25, -0.2) is 0 Å². The van der Waals surface area contributed by atoms with Gasteiger partial charge in [0, 0.05) is 18.1 Å². The lowest BCUT2D eigenvalue weighted by Crippen LogP contribution is -2.50. The first-order chi connectivity index (χ1) is 11.2. The van der Waals surface area contributed by atoms with Crippen LogP contribution < -0.4 is 10.6 Å².